The van der Waals surface area contributed by atoms with E-state index in [0.717, 1.165) is 19.3 Å². The highest BCUT2D eigenvalue weighted by atomic mass is 32.2. The first-order chi connectivity index (χ1) is 6.15. The van der Waals surface area contributed by atoms with Crippen molar-refractivity contribution in [2.45, 2.75) is 39.5 Å². The van der Waals surface area contributed by atoms with Gasteiger partial charge in [0, 0.05) is 1.37 Å². The third-order valence-corrected chi connectivity index (χ3v) is 3.89. The number of hydrogen-bond acceptors (Lipinski definition) is 2. The molecular weight excluding hydrogens is 184 g/mol. The van der Waals surface area contributed by atoms with Crippen molar-refractivity contribution < 1.29 is 1.37 Å². The van der Waals surface area contributed by atoms with Gasteiger partial charge in [0.1, 0.15) is 0 Å². The van der Waals surface area contributed by atoms with Crippen LogP contribution in [0.5, 0.6) is 0 Å². The van der Waals surface area contributed by atoms with Gasteiger partial charge in [-0.1, -0.05) is 20.2 Å². The van der Waals surface area contributed by atoms with Gasteiger partial charge >= 0.3 is 0 Å². The van der Waals surface area contributed by atoms with Crippen LogP contribution in [0.15, 0.2) is 9.81 Å². The molecule has 0 aliphatic heterocycles. The summed E-state index contributed by atoms with van der Waals surface area (Å²) >= 11 is 3.70. The molecule has 0 bridgehead atoms. The third-order valence-electron chi connectivity index (χ3n) is 1.78. The van der Waals surface area contributed by atoms with Crippen LogP contribution in [-0.2, 0) is 0 Å². The Hall–Kier alpha value is 0.440. The first kappa shape index (κ1) is 10.5. The Morgan fingerprint density at radius 1 is 1.17 bits per heavy atom. The topological polar surface area (TPSA) is 0 Å². The van der Waals surface area contributed by atoms with Crippen LogP contribution in [0.1, 0.15) is 40.9 Å². The van der Waals surface area contributed by atoms with Crippen LogP contribution in [0.2, 0.25) is 0 Å². The molecule has 0 saturated heterocycles. The molecule has 0 heterocycles. The van der Waals surface area contributed by atoms with Crippen LogP contribution >= 0.6 is 23.5 Å². The monoisotopic (exact) mass is 206 g/mol. The van der Waals surface area contributed by atoms with Crippen LogP contribution in [0.4, 0.5) is 0 Å². The molecule has 0 N–H and O–H groups in total. The van der Waals surface area contributed by atoms with Gasteiger partial charge in [-0.25, -0.2) is 0 Å². The van der Waals surface area contributed by atoms with E-state index in [1.807, 2.05) is 30.4 Å². The van der Waals surface area contributed by atoms with Gasteiger partial charge in [0.15, 0.2) is 0 Å². The van der Waals surface area contributed by atoms with Gasteiger partial charge in [0.2, 0.25) is 0 Å². The molecule has 0 fully saturated rings. The largest absolute Gasteiger partial charge is 0.133 e. The lowest BCUT2D eigenvalue weighted by Crippen LogP contribution is -1.84. The lowest BCUT2D eigenvalue weighted by atomic mass is 10.2. The highest BCUT2D eigenvalue weighted by molar-refractivity contribution is 8.06. The predicted octanol–water partition coefficient (Wildman–Crippen LogP) is 4.52. The molecule has 1 atom stereocenters. The Morgan fingerprint density at radius 2 is 1.75 bits per heavy atom. The molecule has 0 saturated carbocycles. The van der Waals surface area contributed by atoms with Crippen molar-refractivity contribution in [1.29, 1.82) is 0 Å². The fourth-order valence-electron chi connectivity index (χ4n) is 1.09. The van der Waals surface area contributed by atoms with Crippen molar-refractivity contribution in [1.82, 2.24) is 0 Å². The van der Waals surface area contributed by atoms with Crippen molar-refractivity contribution in [3.05, 3.63) is 9.81 Å². The quantitative estimate of drug-likeness (QED) is 0.626. The maximum Gasteiger partial charge on any atom is 0.0264 e. The SMILES string of the molecule is [3H]C(C)CCC(SC)=C(CC)SC. The molecular formula is C10H20S2. The smallest absolute Gasteiger partial charge is 0.0264 e. The summed E-state index contributed by atoms with van der Waals surface area (Å²) in [6.07, 6.45) is 7.54. The van der Waals surface area contributed by atoms with E-state index in [-0.39, 0.29) is 6.40 Å². The molecule has 0 spiro atoms. The second-order valence-corrected chi connectivity index (χ2v) is 4.36. The summed E-state index contributed by atoms with van der Waals surface area (Å²) in [6, 6.07) is 0. The third kappa shape index (κ3) is 4.46. The van der Waals surface area contributed by atoms with E-state index in [0.29, 0.717) is 0 Å². The van der Waals surface area contributed by atoms with E-state index < -0.39 is 0 Å². The molecule has 0 nitrogen and oxygen atoms in total. The van der Waals surface area contributed by atoms with Crippen LogP contribution in [-0.4, -0.2) is 12.5 Å². The lowest BCUT2D eigenvalue weighted by Gasteiger charge is -2.09. The van der Waals surface area contributed by atoms with E-state index in [1.54, 1.807) is 0 Å². The van der Waals surface area contributed by atoms with Crippen LogP contribution in [0.3, 0.4) is 0 Å². The summed E-state index contributed by atoms with van der Waals surface area (Å²) in [5, 5.41) is 0. The first-order valence-electron chi connectivity index (χ1n) is 4.95. The Balaban J connectivity index is 4.20. The number of thioether (sulfide) groups is 2. The average molecular weight is 206 g/mol. The van der Waals surface area contributed by atoms with E-state index in [2.05, 4.69) is 19.4 Å². The molecule has 0 rings (SSSR count). The van der Waals surface area contributed by atoms with Crippen molar-refractivity contribution in [2.24, 2.45) is 0 Å². The van der Waals surface area contributed by atoms with Crippen molar-refractivity contribution in [3.8, 4) is 0 Å². The van der Waals surface area contributed by atoms with Crippen LogP contribution in [0, 0.1) is 0 Å². The molecule has 0 aromatic heterocycles. The van der Waals surface area contributed by atoms with Crippen molar-refractivity contribution in [3.63, 3.8) is 0 Å². The van der Waals surface area contributed by atoms with Gasteiger partial charge in [0.25, 0.3) is 0 Å². The van der Waals surface area contributed by atoms with Gasteiger partial charge in [-0.05, 0) is 41.6 Å². The van der Waals surface area contributed by atoms with E-state index >= 15 is 0 Å². The zero-order chi connectivity index (χ0) is 10.3. The zero-order valence-electron chi connectivity index (χ0n) is 9.52. The minimum atomic E-state index is 0.0714. The fourth-order valence-corrected chi connectivity index (χ4v) is 2.90. The Kier molecular flexibility index (Phi) is 7.06. The minimum Gasteiger partial charge on any atom is -0.133 e. The molecule has 0 aromatic rings. The molecule has 1 unspecified atom stereocenters. The van der Waals surface area contributed by atoms with Crippen LogP contribution < -0.4 is 0 Å². The van der Waals surface area contributed by atoms with Gasteiger partial charge in [-0.3, -0.25) is 0 Å². The highest BCUT2D eigenvalue weighted by Gasteiger charge is 2.02. The van der Waals surface area contributed by atoms with Crippen LogP contribution in [0.25, 0.3) is 0 Å². The molecule has 0 aliphatic rings. The van der Waals surface area contributed by atoms with E-state index in [4.69, 9.17) is 1.37 Å². The van der Waals surface area contributed by atoms with Gasteiger partial charge in [-0.15, -0.1) is 23.5 Å². The summed E-state index contributed by atoms with van der Waals surface area (Å²) in [7, 11) is 0. The van der Waals surface area contributed by atoms with Crippen molar-refractivity contribution in [2.75, 3.05) is 12.5 Å². The molecule has 72 valence electrons. The fraction of sp³-hybridized carbons (Fsp3) is 0.800. The molecule has 0 aromatic carbocycles. The minimum absolute atomic E-state index is 0.0714. The summed E-state index contributed by atoms with van der Waals surface area (Å²) < 4.78 is 7.46. The summed E-state index contributed by atoms with van der Waals surface area (Å²) in [5.74, 6) is 0. The van der Waals surface area contributed by atoms with E-state index in [1.165, 1.54) is 9.81 Å². The van der Waals surface area contributed by atoms with Crippen molar-refractivity contribution >= 4 is 23.5 Å². The molecule has 0 aliphatic carbocycles. The van der Waals surface area contributed by atoms with E-state index in [9.17, 15) is 0 Å². The lowest BCUT2D eigenvalue weighted by molar-refractivity contribution is 0.805. The van der Waals surface area contributed by atoms with Gasteiger partial charge in [-0.2, -0.15) is 0 Å². The molecule has 0 radical (unpaired) electrons. The average Bonchev–Trinajstić information content (AvgIpc) is 2.11. The Labute approximate surface area is 87.0 Å². The maximum absolute atomic E-state index is 7.46. The van der Waals surface area contributed by atoms with Gasteiger partial charge in [0.05, 0.1) is 0 Å². The maximum atomic E-state index is 7.46. The Morgan fingerprint density at radius 3 is 2.08 bits per heavy atom. The molecule has 12 heavy (non-hydrogen) atoms. The summed E-state index contributed by atoms with van der Waals surface area (Å²) in [5.41, 5.74) is 0. The number of allylic oxidation sites excluding steroid dienone is 2. The second-order valence-electron chi connectivity index (χ2n) is 2.56. The normalized spacial score (nSPS) is 16.8. The predicted molar refractivity (Wildman–Crippen MR) is 63.9 cm³/mol. The standard InChI is InChI=1S/C10H20S2/c1-5-7-8-10(12-4)9(6-2)11-3/h5-8H2,1-4H3/i5T. The molecule has 2 heteroatoms. The molecule has 0 amide bonds. The Bertz CT molecular complexity index is 158. The summed E-state index contributed by atoms with van der Waals surface area (Å²) in [6.45, 7) is 4.16. The zero-order valence-corrected chi connectivity index (χ0v) is 10.1. The highest BCUT2D eigenvalue weighted by Crippen LogP contribution is 2.30. The van der Waals surface area contributed by atoms with Gasteiger partial charge < -0.3 is 0 Å². The first-order valence-corrected chi connectivity index (χ1v) is 6.82. The number of rotatable bonds is 6. The number of hydrogen-bond donors (Lipinski definition) is 0. The summed E-state index contributed by atoms with van der Waals surface area (Å²) in [4.78, 5) is 2.97. The second kappa shape index (κ2) is 8.06.